The lowest BCUT2D eigenvalue weighted by atomic mass is 10.1. The number of rotatable bonds is 6. The summed E-state index contributed by atoms with van der Waals surface area (Å²) in [6, 6.07) is 21.1. The van der Waals surface area contributed by atoms with Crippen LogP contribution in [0.15, 0.2) is 73.1 Å². The lowest BCUT2D eigenvalue weighted by Crippen LogP contribution is -2.30. The fraction of sp³-hybridized carbons (Fsp3) is 0.174. The van der Waals surface area contributed by atoms with Crippen molar-refractivity contribution in [2.75, 3.05) is 10.2 Å². The molecular weight excluding hydrogens is 348 g/mol. The minimum atomic E-state index is -0.234. The van der Waals surface area contributed by atoms with Crippen LogP contribution in [0.4, 0.5) is 11.4 Å². The normalized spacial score (nSPS) is 10.4. The van der Waals surface area contributed by atoms with E-state index in [0.29, 0.717) is 16.8 Å². The largest absolute Gasteiger partial charge is 0.364 e. The van der Waals surface area contributed by atoms with Gasteiger partial charge in [-0.1, -0.05) is 30.3 Å². The lowest BCUT2D eigenvalue weighted by Gasteiger charge is -2.29. The second-order valence-electron chi connectivity index (χ2n) is 6.78. The number of amides is 1. The zero-order valence-corrected chi connectivity index (χ0v) is 16.0. The van der Waals surface area contributed by atoms with Crippen molar-refractivity contribution in [2.24, 2.45) is 0 Å². The van der Waals surface area contributed by atoms with Crippen LogP contribution >= 0.6 is 0 Å². The van der Waals surface area contributed by atoms with Crippen LogP contribution in [0, 0.1) is 11.3 Å². The van der Waals surface area contributed by atoms with E-state index in [2.05, 4.69) is 47.3 Å². The molecule has 0 saturated heterocycles. The van der Waals surface area contributed by atoms with E-state index in [4.69, 9.17) is 5.26 Å². The number of carbonyl (C=O) groups excluding carboxylic acids is 1. The molecule has 1 N–H and O–H groups in total. The highest BCUT2D eigenvalue weighted by molar-refractivity contribution is 6.04. The quantitative estimate of drug-likeness (QED) is 0.687. The predicted octanol–water partition coefficient (Wildman–Crippen LogP) is 4.62. The molecule has 2 aromatic carbocycles. The molecule has 0 fully saturated rings. The number of nitriles is 1. The van der Waals surface area contributed by atoms with Crippen molar-refractivity contribution < 1.29 is 4.79 Å². The summed E-state index contributed by atoms with van der Waals surface area (Å²) in [4.78, 5) is 19.1. The number of nitrogens with one attached hydrogen (secondary N) is 1. The maximum absolute atomic E-state index is 12.6. The van der Waals surface area contributed by atoms with E-state index < -0.39 is 0 Å². The molecule has 0 bridgehead atoms. The molecule has 5 heteroatoms. The van der Waals surface area contributed by atoms with Crippen LogP contribution in [-0.4, -0.2) is 16.9 Å². The molecule has 0 aliphatic heterocycles. The second kappa shape index (κ2) is 8.83. The summed E-state index contributed by atoms with van der Waals surface area (Å²) in [5.41, 5.74) is 3.77. The SMILES string of the molecule is CC(C)N(Cc1ccccc1)c1cncc(C(=O)Nc2ccc(C#N)cc2)c1. The Kier molecular flexibility index (Phi) is 6.03. The van der Waals surface area contributed by atoms with E-state index in [1.165, 1.54) is 5.56 Å². The zero-order chi connectivity index (χ0) is 19.9. The number of anilines is 2. The van der Waals surface area contributed by atoms with Gasteiger partial charge in [0.2, 0.25) is 0 Å². The van der Waals surface area contributed by atoms with Crippen LogP contribution in [-0.2, 0) is 6.54 Å². The molecule has 0 unspecified atom stereocenters. The van der Waals surface area contributed by atoms with Crippen molar-refractivity contribution in [1.82, 2.24) is 4.98 Å². The highest BCUT2D eigenvalue weighted by Crippen LogP contribution is 2.21. The predicted molar refractivity (Wildman–Crippen MR) is 111 cm³/mol. The van der Waals surface area contributed by atoms with E-state index in [-0.39, 0.29) is 11.9 Å². The molecule has 0 atom stereocenters. The molecule has 1 amide bonds. The molecule has 0 spiro atoms. The molecule has 5 nitrogen and oxygen atoms in total. The smallest absolute Gasteiger partial charge is 0.257 e. The van der Waals surface area contributed by atoms with Gasteiger partial charge in [-0.25, -0.2) is 0 Å². The van der Waals surface area contributed by atoms with E-state index in [1.807, 2.05) is 24.3 Å². The topological polar surface area (TPSA) is 69.0 Å². The summed E-state index contributed by atoms with van der Waals surface area (Å²) in [6.07, 6.45) is 3.34. The molecule has 0 saturated carbocycles. The molecular formula is C23H22N4O. The second-order valence-corrected chi connectivity index (χ2v) is 6.78. The summed E-state index contributed by atoms with van der Waals surface area (Å²) in [7, 11) is 0. The average Bonchev–Trinajstić information content (AvgIpc) is 2.73. The Morgan fingerprint density at radius 2 is 1.82 bits per heavy atom. The maximum Gasteiger partial charge on any atom is 0.257 e. The Morgan fingerprint density at radius 1 is 1.11 bits per heavy atom. The van der Waals surface area contributed by atoms with Crippen LogP contribution in [0.25, 0.3) is 0 Å². The Labute approximate surface area is 165 Å². The minimum Gasteiger partial charge on any atom is -0.364 e. The Morgan fingerprint density at radius 3 is 2.46 bits per heavy atom. The van der Waals surface area contributed by atoms with Crippen molar-refractivity contribution in [3.8, 4) is 6.07 Å². The molecule has 3 aromatic rings. The zero-order valence-electron chi connectivity index (χ0n) is 16.0. The molecule has 3 rings (SSSR count). The summed E-state index contributed by atoms with van der Waals surface area (Å²) >= 11 is 0. The van der Waals surface area contributed by atoms with Crippen molar-refractivity contribution >= 4 is 17.3 Å². The van der Waals surface area contributed by atoms with Gasteiger partial charge in [-0.15, -0.1) is 0 Å². The van der Waals surface area contributed by atoms with Crippen LogP contribution in [0.3, 0.4) is 0 Å². The first-order valence-electron chi connectivity index (χ1n) is 9.14. The van der Waals surface area contributed by atoms with Gasteiger partial charge in [-0.3, -0.25) is 9.78 Å². The highest BCUT2D eigenvalue weighted by Gasteiger charge is 2.15. The number of hydrogen-bond donors (Lipinski definition) is 1. The van der Waals surface area contributed by atoms with Gasteiger partial charge < -0.3 is 10.2 Å². The summed E-state index contributed by atoms with van der Waals surface area (Å²) in [5.74, 6) is -0.234. The molecule has 1 aromatic heterocycles. The third-order valence-electron chi connectivity index (χ3n) is 4.41. The number of pyridine rings is 1. The number of benzene rings is 2. The molecule has 1 heterocycles. The Hall–Kier alpha value is -3.65. The van der Waals surface area contributed by atoms with E-state index in [0.717, 1.165) is 12.2 Å². The van der Waals surface area contributed by atoms with E-state index in [9.17, 15) is 4.79 Å². The van der Waals surface area contributed by atoms with E-state index in [1.54, 1.807) is 36.7 Å². The first kappa shape index (κ1) is 19.1. The number of hydrogen-bond acceptors (Lipinski definition) is 4. The van der Waals surface area contributed by atoms with Gasteiger partial charge in [0.25, 0.3) is 5.91 Å². The summed E-state index contributed by atoms with van der Waals surface area (Å²) in [6.45, 7) is 4.97. The molecule has 140 valence electrons. The fourth-order valence-electron chi connectivity index (χ4n) is 2.89. The van der Waals surface area contributed by atoms with Crippen molar-refractivity contribution in [3.05, 3.63) is 89.7 Å². The molecule has 0 radical (unpaired) electrons. The van der Waals surface area contributed by atoms with Crippen molar-refractivity contribution in [2.45, 2.75) is 26.4 Å². The van der Waals surface area contributed by atoms with Crippen molar-refractivity contribution in [3.63, 3.8) is 0 Å². The van der Waals surface area contributed by atoms with E-state index >= 15 is 0 Å². The van der Waals surface area contributed by atoms with Crippen LogP contribution < -0.4 is 10.2 Å². The fourth-order valence-corrected chi connectivity index (χ4v) is 2.89. The summed E-state index contributed by atoms with van der Waals surface area (Å²) in [5, 5.41) is 11.7. The Bertz CT molecular complexity index is 975. The number of nitrogens with zero attached hydrogens (tertiary/aromatic N) is 3. The van der Waals surface area contributed by atoms with Gasteiger partial charge in [0, 0.05) is 24.5 Å². The molecule has 28 heavy (non-hydrogen) atoms. The van der Waals surface area contributed by atoms with Crippen LogP contribution in [0.1, 0.15) is 35.3 Å². The average molecular weight is 370 g/mol. The Balaban J connectivity index is 1.79. The van der Waals surface area contributed by atoms with Gasteiger partial charge in [-0.2, -0.15) is 5.26 Å². The monoisotopic (exact) mass is 370 g/mol. The van der Waals surface area contributed by atoms with Gasteiger partial charge in [0.1, 0.15) is 0 Å². The van der Waals surface area contributed by atoms with Gasteiger partial charge >= 0.3 is 0 Å². The number of aromatic nitrogens is 1. The van der Waals surface area contributed by atoms with Gasteiger partial charge in [-0.05, 0) is 49.7 Å². The highest BCUT2D eigenvalue weighted by atomic mass is 16.1. The van der Waals surface area contributed by atoms with Crippen LogP contribution in [0.5, 0.6) is 0 Å². The summed E-state index contributed by atoms with van der Waals surface area (Å²) < 4.78 is 0. The first-order chi connectivity index (χ1) is 13.6. The standard InChI is InChI=1S/C23H22N4O/c1-17(2)27(16-19-6-4-3-5-7-19)22-12-20(14-25-15-22)23(28)26-21-10-8-18(13-24)9-11-21/h3-12,14-15,17H,16H2,1-2H3,(H,26,28). The molecule has 0 aliphatic carbocycles. The van der Waals surface area contributed by atoms with Gasteiger partial charge in [0.05, 0.1) is 29.1 Å². The van der Waals surface area contributed by atoms with Crippen LogP contribution in [0.2, 0.25) is 0 Å². The third-order valence-corrected chi connectivity index (χ3v) is 4.41. The lowest BCUT2D eigenvalue weighted by molar-refractivity contribution is 0.102. The van der Waals surface area contributed by atoms with Crippen molar-refractivity contribution in [1.29, 1.82) is 5.26 Å². The minimum absolute atomic E-state index is 0.234. The van der Waals surface area contributed by atoms with Gasteiger partial charge in [0.15, 0.2) is 0 Å². The maximum atomic E-state index is 12.6. The molecule has 0 aliphatic rings. The number of carbonyl (C=O) groups is 1. The third kappa shape index (κ3) is 4.74. The first-order valence-corrected chi connectivity index (χ1v) is 9.14.